The van der Waals surface area contributed by atoms with Crippen molar-refractivity contribution in [2.45, 2.75) is 26.2 Å². The van der Waals surface area contributed by atoms with Gasteiger partial charge >= 0.3 is 5.69 Å². The van der Waals surface area contributed by atoms with Crippen molar-refractivity contribution in [2.24, 2.45) is 0 Å². The van der Waals surface area contributed by atoms with Gasteiger partial charge in [-0.05, 0) is 18.2 Å². The molecule has 1 aromatic carbocycles. The average molecular weight is 352 g/mol. The van der Waals surface area contributed by atoms with E-state index in [9.17, 15) is 4.79 Å². The molecule has 0 saturated heterocycles. The SMILES string of the molecule is CC(C)(C)c1cn2c(=O)[nH]nc2c(NCCOc2cccc(C#N)c2)n1. The maximum atomic E-state index is 11.9. The molecule has 2 N–H and O–H groups in total. The van der Waals surface area contributed by atoms with Gasteiger partial charge in [-0.3, -0.25) is 0 Å². The first-order valence-corrected chi connectivity index (χ1v) is 8.23. The molecule has 0 atom stereocenters. The fourth-order valence-corrected chi connectivity index (χ4v) is 2.39. The maximum Gasteiger partial charge on any atom is 0.347 e. The first-order chi connectivity index (χ1) is 12.4. The minimum absolute atomic E-state index is 0.213. The number of fused-ring (bicyclic) bond motifs is 1. The van der Waals surface area contributed by atoms with Crippen LogP contribution in [0.1, 0.15) is 32.0 Å². The molecule has 0 aliphatic heterocycles. The molecule has 0 unspecified atom stereocenters. The van der Waals surface area contributed by atoms with Crippen molar-refractivity contribution < 1.29 is 4.74 Å². The van der Waals surface area contributed by atoms with Crippen molar-refractivity contribution in [3.8, 4) is 11.8 Å². The van der Waals surface area contributed by atoms with Gasteiger partial charge in [-0.15, -0.1) is 5.10 Å². The fraction of sp³-hybridized carbons (Fsp3) is 0.333. The van der Waals surface area contributed by atoms with E-state index in [1.165, 1.54) is 4.40 Å². The summed E-state index contributed by atoms with van der Waals surface area (Å²) in [4.78, 5) is 16.5. The van der Waals surface area contributed by atoms with E-state index in [-0.39, 0.29) is 11.1 Å². The number of nitrogens with one attached hydrogen (secondary N) is 2. The highest BCUT2D eigenvalue weighted by Crippen LogP contribution is 2.22. The number of nitriles is 1. The van der Waals surface area contributed by atoms with E-state index in [2.05, 4.69) is 26.6 Å². The van der Waals surface area contributed by atoms with Gasteiger partial charge in [0.05, 0.1) is 23.9 Å². The van der Waals surface area contributed by atoms with Gasteiger partial charge in [0.15, 0.2) is 5.82 Å². The third-order valence-electron chi connectivity index (χ3n) is 3.79. The summed E-state index contributed by atoms with van der Waals surface area (Å²) < 4.78 is 7.10. The molecule has 3 aromatic rings. The highest BCUT2D eigenvalue weighted by atomic mass is 16.5. The van der Waals surface area contributed by atoms with Crippen LogP contribution in [0.25, 0.3) is 5.65 Å². The zero-order valence-electron chi connectivity index (χ0n) is 14.9. The Hall–Kier alpha value is -3.34. The second kappa shape index (κ2) is 6.88. The predicted octanol–water partition coefficient (Wildman–Crippen LogP) is 2.08. The molecular weight excluding hydrogens is 332 g/mol. The molecule has 0 fully saturated rings. The Morgan fingerprint density at radius 1 is 1.38 bits per heavy atom. The number of rotatable bonds is 5. The van der Waals surface area contributed by atoms with Crippen LogP contribution in [0, 0.1) is 11.3 Å². The number of H-pyrrole nitrogens is 1. The first kappa shape index (κ1) is 17.5. The molecule has 26 heavy (non-hydrogen) atoms. The maximum absolute atomic E-state index is 11.9. The van der Waals surface area contributed by atoms with Crippen LogP contribution >= 0.6 is 0 Å². The van der Waals surface area contributed by atoms with E-state index in [4.69, 9.17) is 10.00 Å². The lowest BCUT2D eigenvalue weighted by molar-refractivity contribution is 0.332. The van der Waals surface area contributed by atoms with E-state index in [1.54, 1.807) is 30.5 Å². The topological polar surface area (TPSA) is 108 Å². The summed E-state index contributed by atoms with van der Waals surface area (Å²) in [5, 5.41) is 18.5. The number of anilines is 1. The number of aromatic amines is 1. The molecule has 134 valence electrons. The summed E-state index contributed by atoms with van der Waals surface area (Å²) in [6, 6.07) is 9.05. The van der Waals surface area contributed by atoms with Crippen LogP contribution in [0.3, 0.4) is 0 Å². The molecule has 0 aliphatic carbocycles. The monoisotopic (exact) mass is 352 g/mol. The van der Waals surface area contributed by atoms with Gasteiger partial charge in [0, 0.05) is 11.6 Å². The molecule has 0 saturated carbocycles. The van der Waals surface area contributed by atoms with Crippen molar-refractivity contribution >= 4 is 11.5 Å². The van der Waals surface area contributed by atoms with Crippen molar-refractivity contribution in [3.05, 3.63) is 52.2 Å². The lowest BCUT2D eigenvalue weighted by atomic mass is 9.93. The van der Waals surface area contributed by atoms with Crippen LogP contribution in [-0.2, 0) is 5.41 Å². The smallest absolute Gasteiger partial charge is 0.347 e. The van der Waals surface area contributed by atoms with E-state index in [1.807, 2.05) is 20.8 Å². The summed E-state index contributed by atoms with van der Waals surface area (Å²) in [5.74, 6) is 1.15. The average Bonchev–Trinajstić information content (AvgIpc) is 2.99. The number of benzene rings is 1. The fourth-order valence-electron chi connectivity index (χ4n) is 2.39. The van der Waals surface area contributed by atoms with Crippen LogP contribution < -0.4 is 15.7 Å². The Balaban J connectivity index is 1.74. The van der Waals surface area contributed by atoms with Crippen LogP contribution in [0.2, 0.25) is 0 Å². The number of aromatic nitrogens is 4. The van der Waals surface area contributed by atoms with Gasteiger partial charge in [-0.2, -0.15) is 5.26 Å². The second-order valence-electron chi connectivity index (χ2n) is 6.86. The van der Waals surface area contributed by atoms with Crippen molar-refractivity contribution in [1.29, 1.82) is 5.26 Å². The molecule has 0 aliphatic rings. The second-order valence-corrected chi connectivity index (χ2v) is 6.86. The third-order valence-corrected chi connectivity index (χ3v) is 3.79. The Morgan fingerprint density at radius 2 is 2.19 bits per heavy atom. The first-order valence-electron chi connectivity index (χ1n) is 8.23. The molecule has 0 radical (unpaired) electrons. The van der Waals surface area contributed by atoms with E-state index in [0.29, 0.717) is 35.9 Å². The molecular formula is C18H20N6O2. The van der Waals surface area contributed by atoms with Crippen molar-refractivity contribution in [1.82, 2.24) is 19.6 Å². The molecule has 0 amide bonds. The van der Waals surface area contributed by atoms with E-state index in [0.717, 1.165) is 5.69 Å². The van der Waals surface area contributed by atoms with Crippen molar-refractivity contribution in [3.63, 3.8) is 0 Å². The number of ether oxygens (including phenoxy) is 1. The molecule has 0 bridgehead atoms. The zero-order valence-corrected chi connectivity index (χ0v) is 14.9. The minimum atomic E-state index is -0.305. The number of nitrogens with zero attached hydrogens (tertiary/aromatic N) is 4. The van der Waals surface area contributed by atoms with Crippen LogP contribution in [0.15, 0.2) is 35.3 Å². The van der Waals surface area contributed by atoms with Crippen LogP contribution in [0.5, 0.6) is 5.75 Å². The number of hydrogen-bond donors (Lipinski definition) is 2. The molecule has 8 nitrogen and oxygen atoms in total. The molecule has 8 heteroatoms. The Kier molecular flexibility index (Phi) is 4.63. The van der Waals surface area contributed by atoms with Crippen LogP contribution in [-0.4, -0.2) is 32.7 Å². The lowest BCUT2D eigenvalue weighted by Gasteiger charge is -2.19. The molecule has 3 rings (SSSR count). The van der Waals surface area contributed by atoms with Gasteiger partial charge < -0.3 is 10.1 Å². The molecule has 2 aromatic heterocycles. The highest BCUT2D eigenvalue weighted by molar-refractivity contribution is 5.62. The summed E-state index contributed by atoms with van der Waals surface area (Å²) in [5.41, 5.74) is 1.25. The van der Waals surface area contributed by atoms with Gasteiger partial charge in [0.2, 0.25) is 5.65 Å². The lowest BCUT2D eigenvalue weighted by Crippen LogP contribution is -2.20. The van der Waals surface area contributed by atoms with Gasteiger partial charge in [0.25, 0.3) is 0 Å². The molecule has 2 heterocycles. The van der Waals surface area contributed by atoms with E-state index >= 15 is 0 Å². The third kappa shape index (κ3) is 3.67. The highest BCUT2D eigenvalue weighted by Gasteiger charge is 2.19. The zero-order chi connectivity index (χ0) is 18.7. The van der Waals surface area contributed by atoms with E-state index < -0.39 is 0 Å². The standard InChI is InChI=1S/C18H20N6O2/c1-18(2,3)14-11-24-16(22-23-17(24)25)15(21-14)20-7-8-26-13-6-4-5-12(9-13)10-19/h4-6,9,11H,7-8H2,1-3H3,(H,20,21)(H,23,25). The minimum Gasteiger partial charge on any atom is -0.492 e. The largest absolute Gasteiger partial charge is 0.492 e. The summed E-state index contributed by atoms with van der Waals surface area (Å²) in [6.07, 6.45) is 1.70. The van der Waals surface area contributed by atoms with Crippen molar-refractivity contribution in [2.75, 3.05) is 18.5 Å². The van der Waals surface area contributed by atoms with Gasteiger partial charge in [0.1, 0.15) is 12.4 Å². The predicted molar refractivity (Wildman–Crippen MR) is 97.4 cm³/mol. The summed E-state index contributed by atoms with van der Waals surface area (Å²) in [6.45, 7) is 6.93. The number of hydrogen-bond acceptors (Lipinski definition) is 6. The molecule has 0 spiro atoms. The quantitative estimate of drug-likeness (QED) is 0.681. The Labute approximate surface area is 150 Å². The summed E-state index contributed by atoms with van der Waals surface area (Å²) in [7, 11) is 0. The Morgan fingerprint density at radius 3 is 2.92 bits per heavy atom. The Bertz CT molecular complexity index is 1020. The van der Waals surface area contributed by atoms with Gasteiger partial charge in [-0.1, -0.05) is 26.8 Å². The van der Waals surface area contributed by atoms with Crippen LogP contribution in [0.4, 0.5) is 5.82 Å². The van der Waals surface area contributed by atoms with Gasteiger partial charge in [-0.25, -0.2) is 19.3 Å². The summed E-state index contributed by atoms with van der Waals surface area (Å²) >= 11 is 0. The normalized spacial score (nSPS) is 11.3.